The number of alkyl halides is 1. The lowest BCUT2D eigenvalue weighted by Gasteiger charge is -2.11. The van der Waals surface area contributed by atoms with Crippen molar-refractivity contribution in [2.24, 2.45) is 0 Å². The van der Waals surface area contributed by atoms with Gasteiger partial charge in [0.1, 0.15) is 11.6 Å². The van der Waals surface area contributed by atoms with E-state index >= 15 is 0 Å². The summed E-state index contributed by atoms with van der Waals surface area (Å²) >= 11 is 6.02. The van der Waals surface area contributed by atoms with E-state index in [2.05, 4.69) is 0 Å². The third-order valence-corrected chi connectivity index (χ3v) is 2.68. The van der Waals surface area contributed by atoms with E-state index in [9.17, 15) is 9.59 Å². The highest BCUT2D eigenvalue weighted by Gasteiger charge is 2.19. The van der Waals surface area contributed by atoms with Gasteiger partial charge >= 0.3 is 11.9 Å². The minimum Gasteiger partial charge on any atom is -0.466 e. The Hall–Kier alpha value is -1.54. The third kappa shape index (κ3) is 5.69. The molecule has 100 valence electrons. The number of allylic oxidation sites excluding steroid dienone is 1. The molecule has 18 heavy (non-hydrogen) atoms. The van der Waals surface area contributed by atoms with Crippen LogP contribution < -0.4 is 0 Å². The van der Waals surface area contributed by atoms with Crippen molar-refractivity contribution in [1.82, 2.24) is 0 Å². The average Bonchev–Trinajstić information content (AvgIpc) is 2.29. The van der Waals surface area contributed by atoms with Crippen LogP contribution in [0.4, 0.5) is 0 Å². The number of carbonyl (C=O) groups is 2. The fourth-order valence-corrected chi connectivity index (χ4v) is 1.38. The summed E-state index contributed by atoms with van der Waals surface area (Å²) in [6.45, 7) is 4.87. The van der Waals surface area contributed by atoms with Crippen LogP contribution in [0.25, 0.3) is 0 Å². The number of esters is 2. The number of ether oxygens (including phenoxy) is 2. The number of halogens is 1. The minimum absolute atomic E-state index is 0.0975. The Balaban J connectivity index is 4.64. The van der Waals surface area contributed by atoms with Crippen molar-refractivity contribution < 1.29 is 19.1 Å². The zero-order chi connectivity index (χ0) is 14.1. The maximum absolute atomic E-state index is 11.5. The van der Waals surface area contributed by atoms with E-state index in [4.69, 9.17) is 26.3 Å². The Morgan fingerprint density at radius 3 is 2.39 bits per heavy atom. The molecule has 6 heteroatoms. The maximum Gasteiger partial charge on any atom is 0.348 e. The smallest absolute Gasteiger partial charge is 0.348 e. The van der Waals surface area contributed by atoms with Crippen molar-refractivity contribution in [1.29, 1.82) is 5.26 Å². The van der Waals surface area contributed by atoms with Crippen LogP contribution in [0.15, 0.2) is 11.1 Å². The van der Waals surface area contributed by atoms with Crippen molar-refractivity contribution in [3.05, 3.63) is 11.1 Å². The van der Waals surface area contributed by atoms with Crippen LogP contribution in [0.5, 0.6) is 0 Å². The number of rotatable bonds is 6. The van der Waals surface area contributed by atoms with E-state index in [1.165, 1.54) is 6.92 Å². The fourth-order valence-electron chi connectivity index (χ4n) is 1.18. The molecule has 0 aromatic heterocycles. The van der Waals surface area contributed by atoms with Crippen LogP contribution in [0.3, 0.4) is 0 Å². The molecule has 0 heterocycles. The van der Waals surface area contributed by atoms with E-state index in [0.29, 0.717) is 12.0 Å². The number of hydrogen-bond donors (Lipinski definition) is 0. The molecule has 0 aromatic carbocycles. The second-order valence-electron chi connectivity index (χ2n) is 3.49. The van der Waals surface area contributed by atoms with Crippen LogP contribution in [-0.4, -0.2) is 30.5 Å². The molecule has 0 rings (SSSR count). The lowest BCUT2D eigenvalue weighted by molar-refractivity contribution is -0.141. The molecule has 0 aliphatic carbocycles. The highest BCUT2D eigenvalue weighted by atomic mass is 35.5. The van der Waals surface area contributed by atoms with Gasteiger partial charge in [-0.05, 0) is 19.4 Å². The van der Waals surface area contributed by atoms with Crippen LogP contribution in [0, 0.1) is 11.3 Å². The molecule has 0 amide bonds. The van der Waals surface area contributed by atoms with Gasteiger partial charge in [0.15, 0.2) is 0 Å². The largest absolute Gasteiger partial charge is 0.466 e. The average molecular weight is 274 g/mol. The van der Waals surface area contributed by atoms with Crippen LogP contribution in [0.2, 0.25) is 0 Å². The molecule has 1 atom stereocenters. The Bertz CT molecular complexity index is 384. The van der Waals surface area contributed by atoms with E-state index in [1.807, 2.05) is 0 Å². The molecular formula is C12H16ClNO4. The molecule has 0 aliphatic rings. The Labute approximate surface area is 111 Å². The normalized spacial score (nSPS) is 13.1. The predicted molar refractivity (Wildman–Crippen MR) is 65.8 cm³/mol. The van der Waals surface area contributed by atoms with Crippen molar-refractivity contribution >= 4 is 23.5 Å². The van der Waals surface area contributed by atoms with Crippen molar-refractivity contribution in [2.75, 3.05) is 13.2 Å². The van der Waals surface area contributed by atoms with Crippen molar-refractivity contribution in [3.63, 3.8) is 0 Å². The lowest BCUT2D eigenvalue weighted by atomic mass is 10.1. The maximum atomic E-state index is 11.5. The highest BCUT2D eigenvalue weighted by Crippen LogP contribution is 2.18. The topological polar surface area (TPSA) is 76.4 Å². The van der Waals surface area contributed by atoms with Crippen LogP contribution in [-0.2, 0) is 19.1 Å². The first kappa shape index (κ1) is 16.5. The number of carbonyl (C=O) groups excluding carboxylic acids is 2. The Morgan fingerprint density at radius 1 is 1.33 bits per heavy atom. The molecule has 0 aliphatic heterocycles. The van der Waals surface area contributed by atoms with Crippen LogP contribution in [0.1, 0.15) is 27.2 Å². The van der Waals surface area contributed by atoms with Gasteiger partial charge in [0.2, 0.25) is 0 Å². The second kappa shape index (κ2) is 8.54. The summed E-state index contributed by atoms with van der Waals surface area (Å²) in [4.78, 5) is 22.0. The standard InChI is InChI=1S/C12H16ClNO4/c1-4-17-12(16)10(7-14)8(2)11(13)5-6-18-9(3)15/h11H,4-6H2,1-3H3/b10-8+. The summed E-state index contributed by atoms with van der Waals surface area (Å²) in [5.41, 5.74) is 0.324. The Kier molecular flexibility index (Phi) is 7.81. The molecule has 0 spiro atoms. The quantitative estimate of drug-likeness (QED) is 0.320. The van der Waals surface area contributed by atoms with Crippen molar-refractivity contribution in [3.8, 4) is 6.07 Å². The first-order valence-electron chi connectivity index (χ1n) is 5.49. The molecule has 5 nitrogen and oxygen atoms in total. The predicted octanol–water partition coefficient (Wildman–Crippen LogP) is 1.95. The lowest BCUT2D eigenvalue weighted by Crippen LogP contribution is -2.14. The van der Waals surface area contributed by atoms with Gasteiger partial charge in [-0.2, -0.15) is 5.26 Å². The summed E-state index contributed by atoms with van der Waals surface area (Å²) in [5.74, 6) is -1.08. The number of nitriles is 1. The summed E-state index contributed by atoms with van der Waals surface area (Å²) in [5, 5.41) is 8.35. The molecular weight excluding hydrogens is 258 g/mol. The zero-order valence-electron chi connectivity index (χ0n) is 10.7. The van der Waals surface area contributed by atoms with Gasteiger partial charge in [0, 0.05) is 13.3 Å². The SMILES string of the molecule is CCOC(=O)/C(C#N)=C(\C)C(Cl)CCOC(C)=O. The first-order valence-corrected chi connectivity index (χ1v) is 5.93. The summed E-state index contributed by atoms with van der Waals surface area (Å²) in [7, 11) is 0. The first-order chi connectivity index (χ1) is 8.43. The minimum atomic E-state index is -0.685. The fraction of sp³-hybridized carbons (Fsp3) is 0.583. The monoisotopic (exact) mass is 273 g/mol. The van der Waals surface area contributed by atoms with E-state index < -0.39 is 17.3 Å². The highest BCUT2D eigenvalue weighted by molar-refractivity contribution is 6.22. The molecule has 1 unspecified atom stereocenters. The van der Waals surface area contributed by atoms with Gasteiger partial charge in [0.05, 0.1) is 18.6 Å². The molecule has 0 fully saturated rings. The van der Waals surface area contributed by atoms with Gasteiger partial charge < -0.3 is 9.47 Å². The third-order valence-electron chi connectivity index (χ3n) is 2.13. The van der Waals surface area contributed by atoms with Crippen LogP contribution >= 0.6 is 11.6 Å². The number of hydrogen-bond acceptors (Lipinski definition) is 5. The van der Waals surface area contributed by atoms with E-state index in [1.54, 1.807) is 19.9 Å². The zero-order valence-corrected chi connectivity index (χ0v) is 11.4. The van der Waals surface area contributed by atoms with Gasteiger partial charge in [-0.25, -0.2) is 4.79 Å². The summed E-state index contributed by atoms with van der Waals surface area (Å²) < 4.78 is 9.48. The summed E-state index contributed by atoms with van der Waals surface area (Å²) in [6, 6.07) is 1.78. The van der Waals surface area contributed by atoms with E-state index in [0.717, 1.165) is 0 Å². The van der Waals surface area contributed by atoms with Gasteiger partial charge in [0.25, 0.3) is 0 Å². The second-order valence-corrected chi connectivity index (χ2v) is 4.01. The molecule has 0 bridgehead atoms. The molecule has 0 radical (unpaired) electrons. The molecule has 0 saturated heterocycles. The van der Waals surface area contributed by atoms with E-state index in [-0.39, 0.29) is 18.8 Å². The molecule has 0 N–H and O–H groups in total. The molecule has 0 saturated carbocycles. The Morgan fingerprint density at radius 2 is 1.94 bits per heavy atom. The van der Waals surface area contributed by atoms with Gasteiger partial charge in [-0.3, -0.25) is 4.79 Å². The van der Waals surface area contributed by atoms with Gasteiger partial charge in [-0.15, -0.1) is 11.6 Å². The van der Waals surface area contributed by atoms with Gasteiger partial charge in [-0.1, -0.05) is 0 Å². The van der Waals surface area contributed by atoms with Crippen molar-refractivity contribution in [2.45, 2.75) is 32.6 Å². The summed E-state index contributed by atoms with van der Waals surface area (Å²) in [6.07, 6.45) is 0.331. The number of nitrogens with zero attached hydrogens (tertiary/aromatic N) is 1. The molecule has 0 aromatic rings.